The van der Waals surface area contributed by atoms with Crippen molar-refractivity contribution >= 4 is 44.0 Å². The molecule has 0 bridgehead atoms. The number of rotatable bonds is 11. The molecule has 1 aliphatic heterocycles. The Labute approximate surface area is 239 Å². The molecule has 212 valence electrons. The Morgan fingerprint density at radius 2 is 1.90 bits per heavy atom. The quantitative estimate of drug-likeness (QED) is 0.249. The highest BCUT2D eigenvalue weighted by molar-refractivity contribution is 7.91. The van der Waals surface area contributed by atoms with E-state index in [0.717, 1.165) is 54.8 Å². The Hall–Kier alpha value is -3.12. The zero-order valence-electron chi connectivity index (χ0n) is 23.0. The molecule has 1 saturated heterocycles. The van der Waals surface area contributed by atoms with E-state index in [9.17, 15) is 13.2 Å². The van der Waals surface area contributed by atoms with E-state index >= 15 is 0 Å². The van der Waals surface area contributed by atoms with Crippen LogP contribution in [0.4, 0.5) is 5.69 Å². The molecule has 0 saturated carbocycles. The van der Waals surface area contributed by atoms with Gasteiger partial charge in [-0.2, -0.15) is 4.31 Å². The molecule has 0 radical (unpaired) electrons. The number of aromatic nitrogens is 3. The number of unbranched alkanes of at least 4 members (excludes halogenated alkanes) is 3. The number of carbonyl (C=O) groups excluding carboxylic acids is 1. The van der Waals surface area contributed by atoms with Gasteiger partial charge in [-0.1, -0.05) is 32.3 Å². The number of sulfonamides is 1. The first kappa shape index (κ1) is 28.4. The maximum atomic E-state index is 13.7. The molecular formula is C29H36N6O3S2. The van der Waals surface area contributed by atoms with Gasteiger partial charge >= 0.3 is 0 Å². The van der Waals surface area contributed by atoms with E-state index in [1.54, 1.807) is 29.9 Å². The highest BCUT2D eigenvalue weighted by Crippen LogP contribution is 2.28. The van der Waals surface area contributed by atoms with E-state index in [2.05, 4.69) is 33.6 Å². The van der Waals surface area contributed by atoms with E-state index in [1.807, 2.05) is 30.3 Å². The Morgan fingerprint density at radius 1 is 1.07 bits per heavy atom. The molecule has 0 spiro atoms. The van der Waals surface area contributed by atoms with Gasteiger partial charge in [-0.25, -0.2) is 13.4 Å². The molecule has 1 atom stereocenters. The highest BCUT2D eigenvalue weighted by Gasteiger charge is 2.40. The lowest BCUT2D eigenvalue weighted by atomic mass is 10.1. The van der Waals surface area contributed by atoms with Crippen molar-refractivity contribution in [1.82, 2.24) is 23.7 Å². The number of imidazole rings is 1. The van der Waals surface area contributed by atoms with Crippen LogP contribution in [0.2, 0.25) is 0 Å². The zero-order valence-corrected chi connectivity index (χ0v) is 24.6. The Bertz CT molecular complexity index is 1540. The summed E-state index contributed by atoms with van der Waals surface area (Å²) in [7, 11) is -3.79. The van der Waals surface area contributed by atoms with Crippen LogP contribution in [0.25, 0.3) is 22.4 Å². The average molecular weight is 581 g/mol. The van der Waals surface area contributed by atoms with E-state index in [1.165, 1.54) is 22.1 Å². The third kappa shape index (κ3) is 5.97. The van der Waals surface area contributed by atoms with Gasteiger partial charge < -0.3 is 9.88 Å². The fourth-order valence-electron chi connectivity index (χ4n) is 5.29. The number of thiophene rings is 1. The summed E-state index contributed by atoms with van der Waals surface area (Å²) in [5.74, 6) is 0.504. The number of fused-ring (bicyclic) bond motifs is 1. The number of hydrogen-bond donors (Lipinski definition) is 1. The van der Waals surface area contributed by atoms with Crippen molar-refractivity contribution in [1.29, 1.82) is 0 Å². The largest absolute Gasteiger partial charge is 0.325 e. The molecular weight excluding hydrogens is 544 g/mol. The fourth-order valence-corrected chi connectivity index (χ4v) is 7.98. The molecule has 4 aromatic rings. The molecule has 1 aromatic carbocycles. The monoisotopic (exact) mass is 580 g/mol. The summed E-state index contributed by atoms with van der Waals surface area (Å²) < 4.78 is 30.8. The number of nitrogens with one attached hydrogen (secondary N) is 1. The van der Waals surface area contributed by atoms with Gasteiger partial charge in [-0.15, -0.1) is 11.3 Å². The van der Waals surface area contributed by atoms with Gasteiger partial charge in [-0.3, -0.25) is 14.7 Å². The van der Waals surface area contributed by atoms with Crippen LogP contribution < -0.4 is 5.32 Å². The molecule has 11 heteroatoms. The van der Waals surface area contributed by atoms with E-state index in [-0.39, 0.29) is 16.7 Å². The van der Waals surface area contributed by atoms with Crippen molar-refractivity contribution in [2.45, 2.75) is 56.3 Å². The summed E-state index contributed by atoms with van der Waals surface area (Å²) in [5, 5.41) is 4.75. The van der Waals surface area contributed by atoms with Crippen molar-refractivity contribution in [3.8, 4) is 11.4 Å². The van der Waals surface area contributed by atoms with E-state index in [0.29, 0.717) is 18.8 Å². The second-order valence-corrected chi connectivity index (χ2v) is 13.1. The fraction of sp³-hybridized carbons (Fsp3) is 0.414. The molecule has 1 amide bonds. The first-order chi connectivity index (χ1) is 19.4. The van der Waals surface area contributed by atoms with Crippen LogP contribution >= 0.6 is 11.3 Å². The number of benzene rings is 1. The smallest absolute Gasteiger partial charge is 0.253 e. The molecule has 1 fully saturated rings. The molecule has 4 heterocycles. The van der Waals surface area contributed by atoms with Crippen LogP contribution in [-0.2, 0) is 21.4 Å². The lowest BCUT2D eigenvalue weighted by molar-refractivity contribution is -0.121. The number of aryl methyl sites for hydroxylation is 1. The number of hydrogen-bond acceptors (Lipinski definition) is 7. The van der Waals surface area contributed by atoms with Crippen LogP contribution in [0.1, 0.15) is 39.5 Å². The molecule has 40 heavy (non-hydrogen) atoms. The molecule has 9 nitrogen and oxygen atoms in total. The minimum atomic E-state index is -3.79. The van der Waals surface area contributed by atoms with Crippen molar-refractivity contribution in [2.75, 3.05) is 31.5 Å². The lowest BCUT2D eigenvalue weighted by Crippen LogP contribution is -2.59. The van der Waals surface area contributed by atoms with Gasteiger partial charge in [0.15, 0.2) is 0 Å². The Morgan fingerprint density at radius 3 is 2.62 bits per heavy atom. The predicted molar refractivity (Wildman–Crippen MR) is 160 cm³/mol. The van der Waals surface area contributed by atoms with E-state index in [4.69, 9.17) is 4.98 Å². The topological polar surface area (TPSA) is 100 Å². The average Bonchev–Trinajstić information content (AvgIpc) is 3.64. The summed E-state index contributed by atoms with van der Waals surface area (Å²) in [6.07, 6.45) is 7.99. The summed E-state index contributed by atoms with van der Waals surface area (Å²) >= 11 is 1.18. The third-order valence-corrected chi connectivity index (χ3v) is 10.7. The second kappa shape index (κ2) is 12.6. The van der Waals surface area contributed by atoms with Crippen molar-refractivity contribution in [3.05, 3.63) is 60.2 Å². The Balaban J connectivity index is 1.40. The minimum absolute atomic E-state index is 0.261. The standard InChI is InChI=1S/C29H36N6O3S2/c1-3-5-6-7-16-33-17-18-35(40(37,38)27-9-8-19-39-27)26(21-33)29(36)31-23-10-11-25-24(20-23)32-28(34(25)4-2)22-12-14-30-15-13-22/h8-15,19-20,26H,3-7,16-18,21H2,1-2H3,(H,31,36). The third-order valence-electron chi connectivity index (χ3n) is 7.37. The maximum absolute atomic E-state index is 13.7. The number of anilines is 1. The molecule has 0 aliphatic carbocycles. The Kier molecular flexibility index (Phi) is 8.94. The number of piperazine rings is 1. The summed E-state index contributed by atoms with van der Waals surface area (Å²) in [6, 6.07) is 12.0. The van der Waals surface area contributed by atoms with Crippen LogP contribution in [0, 0.1) is 0 Å². The van der Waals surface area contributed by atoms with Crippen LogP contribution in [0.15, 0.2) is 64.4 Å². The van der Waals surface area contributed by atoms with Gasteiger partial charge in [0, 0.05) is 49.8 Å². The van der Waals surface area contributed by atoms with Crippen molar-refractivity contribution < 1.29 is 13.2 Å². The maximum Gasteiger partial charge on any atom is 0.253 e. The molecule has 1 N–H and O–H groups in total. The second-order valence-electron chi connectivity index (χ2n) is 10.0. The minimum Gasteiger partial charge on any atom is -0.325 e. The van der Waals surface area contributed by atoms with Gasteiger partial charge in [-0.05, 0) is 61.7 Å². The zero-order chi connectivity index (χ0) is 28.1. The molecule has 1 unspecified atom stereocenters. The van der Waals surface area contributed by atoms with Gasteiger partial charge in [0.1, 0.15) is 16.1 Å². The van der Waals surface area contributed by atoms with Gasteiger partial charge in [0.05, 0.1) is 11.0 Å². The lowest BCUT2D eigenvalue weighted by Gasteiger charge is -2.39. The number of nitrogens with zero attached hydrogens (tertiary/aromatic N) is 5. The van der Waals surface area contributed by atoms with E-state index < -0.39 is 16.1 Å². The van der Waals surface area contributed by atoms with Crippen molar-refractivity contribution in [3.63, 3.8) is 0 Å². The molecule has 1 aliphatic rings. The van der Waals surface area contributed by atoms with Gasteiger partial charge in [0.2, 0.25) is 5.91 Å². The first-order valence-corrected chi connectivity index (χ1v) is 16.2. The van der Waals surface area contributed by atoms with Crippen LogP contribution in [-0.4, -0.2) is 70.3 Å². The molecule has 5 rings (SSSR count). The highest BCUT2D eigenvalue weighted by atomic mass is 32.2. The number of pyridine rings is 1. The molecule has 3 aromatic heterocycles. The normalized spacial score (nSPS) is 16.9. The van der Waals surface area contributed by atoms with Crippen LogP contribution in [0.5, 0.6) is 0 Å². The van der Waals surface area contributed by atoms with Gasteiger partial charge in [0.25, 0.3) is 10.0 Å². The summed E-state index contributed by atoms with van der Waals surface area (Å²) in [4.78, 5) is 24.9. The first-order valence-electron chi connectivity index (χ1n) is 13.9. The predicted octanol–water partition coefficient (Wildman–Crippen LogP) is 5.07. The SMILES string of the molecule is CCCCCCN1CCN(S(=O)(=O)c2cccs2)C(C(=O)Nc2ccc3c(c2)nc(-c2ccncc2)n3CC)C1. The van der Waals surface area contributed by atoms with Crippen molar-refractivity contribution in [2.24, 2.45) is 0 Å². The summed E-state index contributed by atoms with van der Waals surface area (Å²) in [6.45, 7) is 7.10. The van der Waals surface area contributed by atoms with Crippen LogP contribution in [0.3, 0.4) is 0 Å². The number of amides is 1. The number of carbonyl (C=O) groups is 1. The summed E-state index contributed by atoms with van der Waals surface area (Å²) in [5.41, 5.74) is 3.28.